The van der Waals surface area contributed by atoms with E-state index in [1.807, 2.05) is 43.3 Å². The lowest BCUT2D eigenvalue weighted by Crippen LogP contribution is -2.09. The Morgan fingerprint density at radius 1 is 0.840 bits per heavy atom. The summed E-state index contributed by atoms with van der Waals surface area (Å²) in [5.41, 5.74) is 13.1. The van der Waals surface area contributed by atoms with E-state index in [1.54, 1.807) is 30.3 Å². The lowest BCUT2D eigenvalue weighted by molar-refractivity contribution is 0.610. The van der Waals surface area contributed by atoms with E-state index in [0.717, 1.165) is 11.1 Å². The van der Waals surface area contributed by atoms with E-state index in [4.69, 9.17) is 22.1 Å². The molecule has 0 aromatic heterocycles. The van der Waals surface area contributed by atoms with Crippen LogP contribution in [0.3, 0.4) is 0 Å². The van der Waals surface area contributed by atoms with Crippen molar-refractivity contribution in [2.75, 3.05) is 30.5 Å². The first-order valence-electron chi connectivity index (χ1n) is 7.45. The lowest BCUT2D eigenvalue weighted by Gasteiger charge is -2.16. The predicted octanol–water partition coefficient (Wildman–Crippen LogP) is 3.68. The molecule has 0 radical (unpaired) electrons. The summed E-state index contributed by atoms with van der Waals surface area (Å²) < 4.78 is 23.0. The third kappa shape index (κ3) is 4.78. The second kappa shape index (κ2) is 7.63. The number of fused-ring (bicyclic) bond motifs is 1. The first-order chi connectivity index (χ1) is 11.7. The van der Waals surface area contributed by atoms with Gasteiger partial charge in [0.1, 0.15) is 0 Å². The zero-order valence-electron chi connectivity index (χ0n) is 14.0. The molecule has 0 heterocycles. The molecule has 3 rings (SSSR count). The van der Waals surface area contributed by atoms with Crippen molar-refractivity contribution in [2.45, 2.75) is 4.90 Å². The van der Waals surface area contributed by atoms with Crippen LogP contribution < -0.4 is 16.4 Å². The van der Waals surface area contributed by atoms with E-state index in [0.29, 0.717) is 16.8 Å². The maximum atomic E-state index is 11.5. The Morgan fingerprint density at radius 2 is 1.36 bits per heavy atom. The monoisotopic (exact) mass is 377 g/mol. The van der Waals surface area contributed by atoms with Crippen LogP contribution in [-0.4, -0.2) is 22.5 Å². The standard InChI is InChI=1S/C12H12ClNO2S.C6H8N2/c1-14(2)11-7-3-6-10-9(11)5-4-8-12(10)17(13,15)16;7-5-2-1-3-6(8)4-5/h3-8H,1-2H3;1-4H,7-8H2. The largest absolute Gasteiger partial charge is 0.399 e. The van der Waals surface area contributed by atoms with E-state index in [-0.39, 0.29) is 4.90 Å². The summed E-state index contributed by atoms with van der Waals surface area (Å²) in [7, 11) is 5.54. The van der Waals surface area contributed by atoms with Crippen LogP contribution in [0.25, 0.3) is 10.8 Å². The zero-order valence-corrected chi connectivity index (χ0v) is 15.6. The molecule has 0 fully saturated rings. The normalized spacial score (nSPS) is 10.8. The highest BCUT2D eigenvalue weighted by atomic mass is 35.7. The smallest absolute Gasteiger partial charge is 0.261 e. The fraction of sp³-hybridized carbons (Fsp3) is 0.111. The minimum Gasteiger partial charge on any atom is -0.399 e. The van der Waals surface area contributed by atoms with E-state index in [9.17, 15) is 8.42 Å². The third-order valence-corrected chi connectivity index (χ3v) is 4.89. The van der Waals surface area contributed by atoms with Gasteiger partial charge in [-0.15, -0.1) is 0 Å². The Hall–Kier alpha value is -2.44. The van der Waals surface area contributed by atoms with Crippen molar-refractivity contribution < 1.29 is 8.42 Å². The average Bonchev–Trinajstić information content (AvgIpc) is 2.53. The number of nitrogens with zero attached hydrogens (tertiary/aromatic N) is 1. The van der Waals surface area contributed by atoms with Crippen LogP contribution in [-0.2, 0) is 9.05 Å². The molecule has 0 atom stereocenters. The number of hydrogen-bond donors (Lipinski definition) is 2. The highest BCUT2D eigenvalue weighted by Gasteiger charge is 2.15. The molecule has 0 aliphatic carbocycles. The molecule has 25 heavy (non-hydrogen) atoms. The zero-order chi connectivity index (χ0) is 18.6. The van der Waals surface area contributed by atoms with Crippen molar-refractivity contribution in [1.29, 1.82) is 0 Å². The molecule has 3 aromatic rings. The van der Waals surface area contributed by atoms with Gasteiger partial charge in [0.25, 0.3) is 9.05 Å². The van der Waals surface area contributed by atoms with Crippen LogP contribution in [0, 0.1) is 0 Å². The second-order valence-electron chi connectivity index (χ2n) is 5.63. The summed E-state index contributed by atoms with van der Waals surface area (Å²) in [6.45, 7) is 0. The molecule has 132 valence electrons. The SMILES string of the molecule is CN(C)c1cccc2c(S(=O)(=O)Cl)cccc12.Nc1cccc(N)c1. The van der Waals surface area contributed by atoms with Gasteiger partial charge in [-0.05, 0) is 30.3 Å². The minimum atomic E-state index is -3.72. The molecule has 4 N–H and O–H groups in total. The van der Waals surface area contributed by atoms with Crippen LogP contribution in [0.2, 0.25) is 0 Å². The quantitative estimate of drug-likeness (QED) is 0.525. The first-order valence-corrected chi connectivity index (χ1v) is 9.76. The average molecular weight is 378 g/mol. The summed E-state index contributed by atoms with van der Waals surface area (Å²) in [4.78, 5) is 2.09. The van der Waals surface area contributed by atoms with E-state index >= 15 is 0 Å². The molecule has 0 amide bonds. The number of nitrogens with two attached hydrogens (primary N) is 2. The molecular formula is C18H20ClN3O2S. The van der Waals surface area contributed by atoms with Gasteiger partial charge in [0, 0.05) is 52.6 Å². The van der Waals surface area contributed by atoms with Crippen LogP contribution in [0.1, 0.15) is 0 Å². The van der Waals surface area contributed by atoms with E-state index in [1.165, 1.54) is 6.07 Å². The van der Waals surface area contributed by atoms with Crippen molar-refractivity contribution >= 4 is 47.6 Å². The van der Waals surface area contributed by atoms with Gasteiger partial charge in [0.2, 0.25) is 0 Å². The fourth-order valence-corrected chi connectivity index (χ4v) is 3.51. The van der Waals surface area contributed by atoms with Gasteiger partial charge >= 0.3 is 0 Å². The fourth-order valence-electron chi connectivity index (χ4n) is 2.43. The summed E-state index contributed by atoms with van der Waals surface area (Å²) in [5, 5.41) is 1.52. The topological polar surface area (TPSA) is 89.4 Å². The number of nitrogen functional groups attached to an aromatic ring is 2. The van der Waals surface area contributed by atoms with Crippen LogP contribution in [0.4, 0.5) is 17.1 Å². The van der Waals surface area contributed by atoms with Crippen molar-refractivity contribution in [3.8, 4) is 0 Å². The highest BCUT2D eigenvalue weighted by Crippen LogP contribution is 2.31. The molecule has 0 spiro atoms. The Balaban J connectivity index is 0.000000236. The summed E-state index contributed by atoms with van der Waals surface area (Å²) in [6, 6.07) is 17.8. The minimum absolute atomic E-state index is 0.153. The lowest BCUT2D eigenvalue weighted by atomic mass is 10.1. The second-order valence-corrected chi connectivity index (χ2v) is 8.17. The number of halogens is 1. The predicted molar refractivity (Wildman–Crippen MR) is 107 cm³/mol. The molecule has 0 saturated heterocycles. The Kier molecular flexibility index (Phi) is 5.77. The van der Waals surface area contributed by atoms with Gasteiger partial charge in [-0.25, -0.2) is 8.42 Å². The van der Waals surface area contributed by atoms with Gasteiger partial charge in [-0.1, -0.05) is 30.3 Å². The van der Waals surface area contributed by atoms with Crippen LogP contribution in [0.15, 0.2) is 65.6 Å². The molecule has 0 bridgehead atoms. The Morgan fingerprint density at radius 3 is 1.84 bits per heavy atom. The van der Waals surface area contributed by atoms with Crippen molar-refractivity contribution in [1.82, 2.24) is 0 Å². The van der Waals surface area contributed by atoms with Gasteiger partial charge in [-0.3, -0.25) is 0 Å². The molecule has 3 aromatic carbocycles. The van der Waals surface area contributed by atoms with Gasteiger partial charge in [0.05, 0.1) is 4.90 Å². The number of benzene rings is 3. The molecule has 5 nitrogen and oxygen atoms in total. The molecule has 0 aliphatic heterocycles. The molecule has 0 aliphatic rings. The number of rotatable bonds is 2. The van der Waals surface area contributed by atoms with Gasteiger partial charge in [0.15, 0.2) is 0 Å². The Labute approximate surface area is 152 Å². The molecular weight excluding hydrogens is 358 g/mol. The maximum absolute atomic E-state index is 11.5. The Bertz CT molecular complexity index is 971. The van der Waals surface area contributed by atoms with Crippen LogP contribution in [0.5, 0.6) is 0 Å². The summed E-state index contributed by atoms with van der Waals surface area (Å²) in [6.07, 6.45) is 0. The van der Waals surface area contributed by atoms with Crippen LogP contribution >= 0.6 is 10.7 Å². The van der Waals surface area contributed by atoms with Crippen molar-refractivity contribution in [2.24, 2.45) is 0 Å². The molecule has 0 unspecified atom stereocenters. The van der Waals surface area contributed by atoms with E-state index < -0.39 is 9.05 Å². The van der Waals surface area contributed by atoms with E-state index in [2.05, 4.69) is 0 Å². The first kappa shape index (κ1) is 18.9. The van der Waals surface area contributed by atoms with Gasteiger partial charge < -0.3 is 16.4 Å². The molecule has 0 saturated carbocycles. The third-order valence-electron chi connectivity index (χ3n) is 3.51. The van der Waals surface area contributed by atoms with Crippen molar-refractivity contribution in [3.63, 3.8) is 0 Å². The highest BCUT2D eigenvalue weighted by molar-refractivity contribution is 8.14. The van der Waals surface area contributed by atoms with Gasteiger partial charge in [-0.2, -0.15) is 0 Å². The number of anilines is 3. The maximum Gasteiger partial charge on any atom is 0.261 e. The van der Waals surface area contributed by atoms with Crippen molar-refractivity contribution in [3.05, 3.63) is 60.7 Å². The summed E-state index contributed by atoms with van der Waals surface area (Å²) in [5.74, 6) is 0. The summed E-state index contributed by atoms with van der Waals surface area (Å²) >= 11 is 0. The molecule has 7 heteroatoms. The number of hydrogen-bond acceptors (Lipinski definition) is 5.